The minimum Gasteiger partial charge on any atom is -0.357 e. The lowest BCUT2D eigenvalue weighted by Gasteiger charge is -2.36. The molecule has 0 fully saturated rings. The number of anilines is 2. The molecular formula is C45H38N4. The second-order valence-electron chi connectivity index (χ2n) is 13.7. The lowest BCUT2D eigenvalue weighted by molar-refractivity contribution is 0.594. The SMILES string of the molecule is C#C/C=C\C1C(C)C2=C(CCCC2)N1c1cc(C#N)ccc1-c1cccc(C2=CC(N3c4ccc(C#N)cc4C4C=CC=CC43)CC=C2)c1. The average Bonchev–Trinajstić information content (AvgIpc) is 3.64. The third kappa shape index (κ3) is 5.24. The molecule has 0 saturated heterocycles. The van der Waals surface area contributed by atoms with Gasteiger partial charge in [0.1, 0.15) is 0 Å². The Labute approximate surface area is 290 Å². The summed E-state index contributed by atoms with van der Waals surface area (Å²) in [6, 6.07) is 26.3. The first-order valence-electron chi connectivity index (χ1n) is 17.4. The molecule has 8 rings (SSSR count). The summed E-state index contributed by atoms with van der Waals surface area (Å²) in [5.74, 6) is 3.31. The lowest BCUT2D eigenvalue weighted by atomic mass is 9.88. The van der Waals surface area contributed by atoms with Crippen LogP contribution in [0.15, 0.2) is 127 Å². The van der Waals surface area contributed by atoms with Crippen molar-refractivity contribution in [3.63, 3.8) is 0 Å². The third-order valence-electron chi connectivity index (χ3n) is 11.0. The molecule has 3 aliphatic carbocycles. The van der Waals surface area contributed by atoms with Crippen molar-refractivity contribution in [3.05, 3.63) is 149 Å². The summed E-state index contributed by atoms with van der Waals surface area (Å²) in [4.78, 5) is 5.03. The predicted octanol–water partition coefficient (Wildman–Crippen LogP) is 9.75. The van der Waals surface area contributed by atoms with Gasteiger partial charge in [0, 0.05) is 28.8 Å². The van der Waals surface area contributed by atoms with Gasteiger partial charge < -0.3 is 9.80 Å². The molecule has 2 heterocycles. The highest BCUT2D eigenvalue weighted by Crippen LogP contribution is 2.49. The first kappa shape index (κ1) is 30.6. The molecule has 0 amide bonds. The number of rotatable bonds is 5. The first-order valence-corrected chi connectivity index (χ1v) is 17.4. The van der Waals surface area contributed by atoms with Crippen molar-refractivity contribution in [1.82, 2.24) is 0 Å². The van der Waals surface area contributed by atoms with Gasteiger partial charge in [-0.1, -0.05) is 85.7 Å². The van der Waals surface area contributed by atoms with Crippen LogP contribution in [0.25, 0.3) is 16.7 Å². The Hall–Kier alpha value is -5.76. The molecule has 3 aromatic rings. The van der Waals surface area contributed by atoms with E-state index in [1.54, 1.807) is 0 Å². The molecule has 238 valence electrons. The Balaban J connectivity index is 1.18. The number of allylic oxidation sites excluding steroid dienone is 6. The molecule has 0 N–H and O–H groups in total. The van der Waals surface area contributed by atoms with Gasteiger partial charge in [-0.05, 0) is 102 Å². The molecule has 49 heavy (non-hydrogen) atoms. The summed E-state index contributed by atoms with van der Waals surface area (Å²) in [5, 5.41) is 19.6. The van der Waals surface area contributed by atoms with Gasteiger partial charge in [-0.25, -0.2) is 0 Å². The van der Waals surface area contributed by atoms with Crippen LogP contribution < -0.4 is 9.80 Å². The van der Waals surface area contributed by atoms with Gasteiger partial charge in [0.05, 0.1) is 47.1 Å². The predicted molar refractivity (Wildman–Crippen MR) is 199 cm³/mol. The molecule has 4 nitrogen and oxygen atoms in total. The highest BCUT2D eigenvalue weighted by molar-refractivity contribution is 5.86. The van der Waals surface area contributed by atoms with Crippen LogP contribution in [0, 0.1) is 40.9 Å². The standard InChI is InChI=1S/C45H38N4/c1-3-4-17-41-30(2)37-15-5-7-18-42(37)49(41)45-25-32(29-47)20-22-38(45)35-13-9-11-33(26-35)34-12-10-14-36(27-34)48-43-19-8-6-16-39(43)40-24-31(28-46)21-23-44(40)48/h1,4,6,8-13,16-17,19-27,30,36,39,41,43H,5,7,14-15,18H2,2H3/b17-4-. The van der Waals surface area contributed by atoms with Gasteiger partial charge >= 0.3 is 0 Å². The van der Waals surface area contributed by atoms with Crippen LogP contribution in [-0.2, 0) is 0 Å². The number of hydrogen-bond donors (Lipinski definition) is 0. The van der Waals surface area contributed by atoms with Crippen molar-refractivity contribution in [2.24, 2.45) is 5.92 Å². The number of nitrogens with zero attached hydrogens (tertiary/aromatic N) is 4. The maximum atomic E-state index is 9.98. The summed E-state index contributed by atoms with van der Waals surface area (Å²) in [6.45, 7) is 2.32. The van der Waals surface area contributed by atoms with Gasteiger partial charge in [-0.3, -0.25) is 0 Å². The Bertz CT molecular complexity index is 2150. The minimum absolute atomic E-state index is 0.111. The largest absolute Gasteiger partial charge is 0.357 e. The molecule has 5 aliphatic rings. The second-order valence-corrected chi connectivity index (χ2v) is 13.7. The lowest BCUT2D eigenvalue weighted by Crippen LogP contribution is -2.41. The molecule has 0 spiro atoms. The van der Waals surface area contributed by atoms with Crippen LogP contribution in [0.2, 0.25) is 0 Å². The zero-order valence-electron chi connectivity index (χ0n) is 27.8. The van der Waals surface area contributed by atoms with E-state index < -0.39 is 0 Å². The fourth-order valence-corrected chi connectivity index (χ4v) is 8.80. The van der Waals surface area contributed by atoms with E-state index in [9.17, 15) is 10.5 Å². The monoisotopic (exact) mass is 634 g/mol. The summed E-state index contributed by atoms with van der Waals surface area (Å²) < 4.78 is 0. The molecule has 0 radical (unpaired) electrons. The van der Waals surface area contributed by atoms with Crippen LogP contribution in [0.5, 0.6) is 0 Å². The third-order valence-corrected chi connectivity index (χ3v) is 11.0. The molecule has 5 unspecified atom stereocenters. The van der Waals surface area contributed by atoms with Gasteiger partial charge in [-0.15, -0.1) is 6.42 Å². The van der Waals surface area contributed by atoms with E-state index in [2.05, 4.69) is 132 Å². The average molecular weight is 635 g/mol. The van der Waals surface area contributed by atoms with E-state index >= 15 is 0 Å². The summed E-state index contributed by atoms with van der Waals surface area (Å²) in [6.07, 6.45) is 31.0. The van der Waals surface area contributed by atoms with Crippen LogP contribution in [0.4, 0.5) is 11.4 Å². The molecular weight excluding hydrogens is 597 g/mol. The Morgan fingerprint density at radius 3 is 2.53 bits per heavy atom. The maximum Gasteiger partial charge on any atom is 0.0992 e. The van der Waals surface area contributed by atoms with E-state index in [1.807, 2.05) is 18.2 Å². The molecule has 4 heteroatoms. The fourth-order valence-electron chi connectivity index (χ4n) is 8.80. The number of terminal acetylenes is 1. The molecule has 0 aromatic heterocycles. The fraction of sp³-hybridized carbons (Fsp3) is 0.244. The van der Waals surface area contributed by atoms with E-state index in [0.29, 0.717) is 17.0 Å². The van der Waals surface area contributed by atoms with Crippen molar-refractivity contribution in [3.8, 4) is 35.6 Å². The van der Waals surface area contributed by atoms with E-state index in [-0.39, 0.29) is 24.0 Å². The van der Waals surface area contributed by atoms with Crippen molar-refractivity contribution < 1.29 is 0 Å². The quantitative estimate of drug-likeness (QED) is 0.262. The molecule has 3 aromatic carbocycles. The zero-order chi connectivity index (χ0) is 33.5. The molecule has 2 aliphatic heterocycles. The van der Waals surface area contributed by atoms with Gasteiger partial charge in [0.2, 0.25) is 0 Å². The van der Waals surface area contributed by atoms with Crippen LogP contribution >= 0.6 is 0 Å². The molecule has 0 saturated carbocycles. The number of hydrogen-bond acceptors (Lipinski definition) is 4. The van der Waals surface area contributed by atoms with E-state index in [1.165, 1.54) is 46.5 Å². The van der Waals surface area contributed by atoms with Crippen molar-refractivity contribution >= 4 is 16.9 Å². The Morgan fingerprint density at radius 2 is 1.67 bits per heavy atom. The molecule has 5 atom stereocenters. The molecule has 0 bridgehead atoms. The Morgan fingerprint density at radius 1 is 0.878 bits per heavy atom. The zero-order valence-corrected chi connectivity index (χ0v) is 27.8. The van der Waals surface area contributed by atoms with Crippen LogP contribution in [-0.4, -0.2) is 18.1 Å². The van der Waals surface area contributed by atoms with Crippen LogP contribution in [0.3, 0.4) is 0 Å². The number of benzene rings is 3. The topological polar surface area (TPSA) is 54.1 Å². The summed E-state index contributed by atoms with van der Waals surface area (Å²) in [5.41, 5.74) is 12.4. The van der Waals surface area contributed by atoms with Crippen molar-refractivity contribution in [2.45, 2.75) is 63.1 Å². The minimum atomic E-state index is 0.111. The van der Waals surface area contributed by atoms with Gasteiger partial charge in [0.25, 0.3) is 0 Å². The highest BCUT2D eigenvalue weighted by atomic mass is 15.2. The second kappa shape index (κ2) is 12.7. The van der Waals surface area contributed by atoms with E-state index in [4.69, 9.17) is 6.42 Å². The Kier molecular flexibility index (Phi) is 7.92. The summed E-state index contributed by atoms with van der Waals surface area (Å²) >= 11 is 0. The number of nitriles is 2. The van der Waals surface area contributed by atoms with Crippen molar-refractivity contribution in [2.75, 3.05) is 9.80 Å². The van der Waals surface area contributed by atoms with Gasteiger partial charge in [-0.2, -0.15) is 10.5 Å². The summed E-state index contributed by atoms with van der Waals surface area (Å²) in [7, 11) is 0. The van der Waals surface area contributed by atoms with E-state index in [0.717, 1.165) is 36.1 Å². The van der Waals surface area contributed by atoms with Crippen molar-refractivity contribution in [1.29, 1.82) is 10.5 Å². The van der Waals surface area contributed by atoms with Gasteiger partial charge in [0.15, 0.2) is 0 Å². The highest BCUT2D eigenvalue weighted by Gasteiger charge is 2.41. The normalized spacial score (nSPS) is 25.0. The number of fused-ring (bicyclic) bond motifs is 3. The van der Waals surface area contributed by atoms with Crippen LogP contribution in [0.1, 0.15) is 67.2 Å². The smallest absolute Gasteiger partial charge is 0.0992 e. The first-order chi connectivity index (χ1) is 24.1. The maximum absolute atomic E-state index is 9.98.